The van der Waals surface area contributed by atoms with E-state index in [1.807, 2.05) is 6.92 Å². The molecule has 116 valence electrons. The van der Waals surface area contributed by atoms with Gasteiger partial charge in [0.2, 0.25) is 5.91 Å². The predicted octanol–water partition coefficient (Wildman–Crippen LogP) is -0.768. The first-order valence-corrected chi connectivity index (χ1v) is 6.42. The lowest BCUT2D eigenvalue weighted by atomic mass is 10.1. The lowest BCUT2D eigenvalue weighted by Crippen LogP contribution is -2.46. The molecule has 21 heavy (non-hydrogen) atoms. The lowest BCUT2D eigenvalue weighted by molar-refractivity contribution is -0.137. The van der Waals surface area contributed by atoms with Gasteiger partial charge in [-0.2, -0.15) is 5.10 Å². The number of hydrogen-bond acceptors (Lipinski definition) is 4. The van der Waals surface area contributed by atoms with Crippen LogP contribution in [0.25, 0.3) is 0 Å². The van der Waals surface area contributed by atoms with Crippen LogP contribution in [0.15, 0.2) is 6.20 Å². The van der Waals surface area contributed by atoms with Crippen molar-refractivity contribution in [3.05, 3.63) is 17.5 Å². The van der Waals surface area contributed by atoms with Crippen molar-refractivity contribution in [3.63, 3.8) is 0 Å². The molecule has 0 radical (unpaired) electrons. The maximum atomic E-state index is 11.8. The highest BCUT2D eigenvalue weighted by molar-refractivity contribution is 5.85. The van der Waals surface area contributed by atoms with Gasteiger partial charge < -0.3 is 21.1 Å². The maximum Gasteiger partial charge on any atom is 0.323 e. The Morgan fingerprint density at radius 2 is 2.14 bits per heavy atom. The zero-order valence-corrected chi connectivity index (χ0v) is 11.8. The summed E-state index contributed by atoms with van der Waals surface area (Å²) in [5, 5.41) is 18.0. The van der Waals surface area contributed by atoms with E-state index < -0.39 is 31.0 Å². The Kier molecular flexibility index (Phi) is 6.18. The Morgan fingerprint density at radius 3 is 2.67 bits per heavy atom. The number of primary amides is 1. The first-order valence-electron chi connectivity index (χ1n) is 6.42. The van der Waals surface area contributed by atoms with E-state index in [9.17, 15) is 14.4 Å². The zero-order valence-electron chi connectivity index (χ0n) is 11.8. The Balaban J connectivity index is 2.37. The van der Waals surface area contributed by atoms with E-state index in [0.717, 1.165) is 22.6 Å². The summed E-state index contributed by atoms with van der Waals surface area (Å²) in [6, 6.07) is -0.625. The Morgan fingerprint density at radius 1 is 1.43 bits per heavy atom. The number of carboxylic acid groups (broad SMARTS) is 1. The normalized spacial score (nSPS) is 10.1. The van der Waals surface area contributed by atoms with E-state index in [1.54, 1.807) is 6.20 Å². The third-order valence-electron chi connectivity index (χ3n) is 2.79. The van der Waals surface area contributed by atoms with Crippen molar-refractivity contribution in [2.45, 2.75) is 19.8 Å². The minimum Gasteiger partial charge on any atom is -0.480 e. The largest absolute Gasteiger partial charge is 0.480 e. The number of aromatic nitrogens is 2. The molecule has 0 spiro atoms. The third kappa shape index (κ3) is 5.93. The minimum absolute atomic E-state index is 0.359. The average molecular weight is 297 g/mol. The molecular formula is C12H19N5O4. The van der Waals surface area contributed by atoms with Crippen LogP contribution in [-0.4, -0.2) is 57.7 Å². The van der Waals surface area contributed by atoms with Crippen molar-refractivity contribution in [3.8, 4) is 0 Å². The van der Waals surface area contributed by atoms with Crippen LogP contribution in [0.4, 0.5) is 4.79 Å². The summed E-state index contributed by atoms with van der Waals surface area (Å²) in [5.41, 5.74) is 7.01. The number of aryl methyl sites for hydroxylation is 2. The number of rotatable bonds is 8. The van der Waals surface area contributed by atoms with Gasteiger partial charge in [0, 0.05) is 12.2 Å². The fraction of sp³-hybridized carbons (Fsp3) is 0.500. The third-order valence-corrected chi connectivity index (χ3v) is 2.79. The Labute approximate surface area is 121 Å². The molecule has 0 unspecified atom stereocenters. The van der Waals surface area contributed by atoms with Gasteiger partial charge in [0.1, 0.15) is 13.1 Å². The molecule has 0 fully saturated rings. The molecule has 1 aromatic rings. The van der Waals surface area contributed by atoms with E-state index in [1.165, 1.54) is 0 Å². The van der Waals surface area contributed by atoms with Gasteiger partial charge in [-0.15, -0.1) is 0 Å². The molecule has 1 aromatic heterocycles. The number of aliphatic carboxylic acids is 1. The van der Waals surface area contributed by atoms with Crippen molar-refractivity contribution in [2.75, 3.05) is 19.6 Å². The second kappa shape index (κ2) is 7.88. The van der Waals surface area contributed by atoms with E-state index in [-0.39, 0.29) is 0 Å². The molecule has 5 N–H and O–H groups in total. The first kappa shape index (κ1) is 16.5. The molecule has 0 saturated carbocycles. The van der Waals surface area contributed by atoms with Crippen LogP contribution in [-0.2, 0) is 16.0 Å². The summed E-state index contributed by atoms with van der Waals surface area (Å²) in [6.45, 7) is 1.26. The van der Waals surface area contributed by atoms with Crippen LogP contribution in [0.3, 0.4) is 0 Å². The predicted molar refractivity (Wildman–Crippen MR) is 73.4 cm³/mol. The van der Waals surface area contributed by atoms with Crippen molar-refractivity contribution in [1.29, 1.82) is 0 Å². The van der Waals surface area contributed by atoms with Gasteiger partial charge in [-0.3, -0.25) is 14.7 Å². The number of hydrogen-bond donors (Lipinski definition) is 4. The lowest BCUT2D eigenvalue weighted by Gasteiger charge is -2.19. The van der Waals surface area contributed by atoms with Gasteiger partial charge >= 0.3 is 12.0 Å². The van der Waals surface area contributed by atoms with Crippen molar-refractivity contribution in [1.82, 2.24) is 20.4 Å². The second-order valence-corrected chi connectivity index (χ2v) is 4.57. The summed E-state index contributed by atoms with van der Waals surface area (Å²) in [5.74, 6) is -1.97. The smallest absolute Gasteiger partial charge is 0.323 e. The molecule has 3 amide bonds. The minimum atomic E-state index is -1.21. The molecule has 0 aliphatic heterocycles. The van der Waals surface area contributed by atoms with Crippen LogP contribution < -0.4 is 11.1 Å². The number of amides is 3. The fourth-order valence-corrected chi connectivity index (χ4v) is 1.76. The quantitative estimate of drug-likeness (QED) is 0.466. The van der Waals surface area contributed by atoms with E-state index in [4.69, 9.17) is 10.8 Å². The van der Waals surface area contributed by atoms with Crippen molar-refractivity contribution < 1.29 is 19.5 Å². The van der Waals surface area contributed by atoms with Gasteiger partial charge in [0.15, 0.2) is 0 Å². The van der Waals surface area contributed by atoms with Gasteiger partial charge in [-0.25, -0.2) is 4.79 Å². The number of urea groups is 1. The highest BCUT2D eigenvalue weighted by Crippen LogP contribution is 2.05. The van der Waals surface area contributed by atoms with Crippen molar-refractivity contribution >= 4 is 17.9 Å². The molecule has 1 rings (SSSR count). The molecule has 9 heteroatoms. The van der Waals surface area contributed by atoms with Gasteiger partial charge in [0.25, 0.3) is 0 Å². The van der Waals surface area contributed by atoms with Crippen LogP contribution in [0, 0.1) is 6.92 Å². The first-order chi connectivity index (χ1) is 9.90. The summed E-state index contributed by atoms with van der Waals surface area (Å²) >= 11 is 0. The number of carbonyl (C=O) groups excluding carboxylic acids is 2. The Bertz CT molecular complexity index is 498. The number of aromatic amines is 1. The second-order valence-electron chi connectivity index (χ2n) is 4.57. The van der Waals surface area contributed by atoms with Crippen LogP contribution in [0.1, 0.15) is 17.7 Å². The molecule has 0 aromatic carbocycles. The topological polar surface area (TPSA) is 141 Å². The van der Waals surface area contributed by atoms with Crippen molar-refractivity contribution in [2.24, 2.45) is 5.73 Å². The SMILES string of the molecule is Cc1[nH]ncc1CCCNC(=O)N(CC(N)=O)CC(=O)O. The van der Waals surface area contributed by atoms with Crippen LogP contribution in [0.2, 0.25) is 0 Å². The van der Waals surface area contributed by atoms with Crippen LogP contribution in [0.5, 0.6) is 0 Å². The number of carboxylic acids is 1. The highest BCUT2D eigenvalue weighted by Gasteiger charge is 2.18. The molecule has 0 atom stereocenters. The summed E-state index contributed by atoms with van der Waals surface area (Å²) < 4.78 is 0. The Hall–Kier alpha value is -2.58. The van der Waals surface area contributed by atoms with E-state index >= 15 is 0 Å². The van der Waals surface area contributed by atoms with E-state index in [0.29, 0.717) is 13.0 Å². The number of nitrogens with zero attached hydrogens (tertiary/aromatic N) is 2. The zero-order chi connectivity index (χ0) is 15.8. The maximum absolute atomic E-state index is 11.8. The number of carbonyl (C=O) groups is 3. The summed E-state index contributed by atoms with van der Waals surface area (Å²) in [7, 11) is 0. The number of nitrogens with one attached hydrogen (secondary N) is 2. The van der Waals surface area contributed by atoms with Gasteiger partial charge in [-0.05, 0) is 25.3 Å². The molecule has 9 nitrogen and oxygen atoms in total. The fourth-order valence-electron chi connectivity index (χ4n) is 1.76. The van der Waals surface area contributed by atoms with Gasteiger partial charge in [0.05, 0.1) is 6.20 Å². The molecule has 1 heterocycles. The van der Waals surface area contributed by atoms with E-state index in [2.05, 4.69) is 15.5 Å². The standard InChI is InChI=1S/C12H19N5O4/c1-8-9(5-15-16-8)3-2-4-14-12(21)17(6-10(13)18)7-11(19)20/h5H,2-4,6-7H2,1H3,(H2,13,18)(H,14,21)(H,15,16)(H,19,20). The highest BCUT2D eigenvalue weighted by atomic mass is 16.4. The molecule has 0 aliphatic rings. The average Bonchev–Trinajstić information content (AvgIpc) is 2.78. The summed E-state index contributed by atoms with van der Waals surface area (Å²) in [4.78, 5) is 34.1. The molecule has 0 saturated heterocycles. The van der Waals surface area contributed by atoms with Gasteiger partial charge in [-0.1, -0.05) is 0 Å². The molecular weight excluding hydrogens is 278 g/mol. The molecule has 0 aliphatic carbocycles. The molecule has 0 bridgehead atoms. The number of H-pyrrole nitrogens is 1. The monoisotopic (exact) mass is 297 g/mol. The summed E-state index contributed by atoms with van der Waals surface area (Å²) in [6.07, 6.45) is 3.13. The van der Waals surface area contributed by atoms with Crippen LogP contribution >= 0.6 is 0 Å². The number of nitrogens with two attached hydrogens (primary N) is 1.